The monoisotopic (exact) mass is 571 g/mol. The van der Waals surface area contributed by atoms with Crippen molar-refractivity contribution >= 4 is 17.8 Å². The van der Waals surface area contributed by atoms with Gasteiger partial charge in [0.1, 0.15) is 0 Å². The third-order valence-electron chi connectivity index (χ3n) is 7.65. The van der Waals surface area contributed by atoms with Crippen LogP contribution in [0.15, 0.2) is 59.8 Å². The van der Waals surface area contributed by atoms with E-state index in [2.05, 4.69) is 10.2 Å². The SMILES string of the molecule is CCOC(=O)C1=C(C)N(Cc2cccc(C(=O)NCCN3CCCCC3)c2)C(=O)CC1c1ccc(C(F)(F)F)cc1. The first-order chi connectivity index (χ1) is 19.6. The summed E-state index contributed by atoms with van der Waals surface area (Å²) in [6.45, 7) is 6.98. The normalized spacial score (nSPS) is 18.4. The first-order valence-corrected chi connectivity index (χ1v) is 14.0. The molecule has 0 saturated carbocycles. The summed E-state index contributed by atoms with van der Waals surface area (Å²) in [5.41, 5.74) is 1.41. The number of ether oxygens (including phenoxy) is 1. The third-order valence-corrected chi connectivity index (χ3v) is 7.65. The van der Waals surface area contributed by atoms with E-state index in [-0.39, 0.29) is 37.0 Å². The highest BCUT2D eigenvalue weighted by Gasteiger charge is 2.37. The number of piperidine rings is 1. The Kier molecular flexibility index (Phi) is 9.86. The van der Waals surface area contributed by atoms with Crippen LogP contribution in [0, 0.1) is 0 Å². The van der Waals surface area contributed by atoms with Crippen molar-refractivity contribution in [3.05, 3.63) is 82.1 Å². The lowest BCUT2D eigenvalue weighted by atomic mass is 9.83. The van der Waals surface area contributed by atoms with Crippen LogP contribution in [-0.2, 0) is 27.0 Å². The Morgan fingerprint density at radius 2 is 1.76 bits per heavy atom. The second kappa shape index (κ2) is 13.3. The summed E-state index contributed by atoms with van der Waals surface area (Å²) < 4.78 is 44.6. The summed E-state index contributed by atoms with van der Waals surface area (Å²) in [5.74, 6) is -1.83. The Balaban J connectivity index is 1.52. The number of halogens is 3. The quantitative estimate of drug-likeness (QED) is 0.415. The molecule has 41 heavy (non-hydrogen) atoms. The number of nitrogens with one attached hydrogen (secondary N) is 1. The van der Waals surface area contributed by atoms with Crippen molar-refractivity contribution in [1.29, 1.82) is 0 Å². The van der Waals surface area contributed by atoms with E-state index >= 15 is 0 Å². The number of benzene rings is 2. The van der Waals surface area contributed by atoms with Crippen molar-refractivity contribution in [1.82, 2.24) is 15.1 Å². The van der Waals surface area contributed by atoms with E-state index in [1.807, 2.05) is 0 Å². The number of carbonyl (C=O) groups excluding carboxylic acids is 3. The van der Waals surface area contributed by atoms with E-state index in [4.69, 9.17) is 4.74 Å². The predicted octanol–water partition coefficient (Wildman–Crippen LogP) is 5.27. The number of likely N-dealkylation sites (tertiary alicyclic amines) is 1. The Hall–Kier alpha value is -3.66. The third kappa shape index (κ3) is 7.55. The molecule has 220 valence electrons. The van der Waals surface area contributed by atoms with Gasteiger partial charge in [0.2, 0.25) is 5.91 Å². The number of amides is 2. The molecule has 2 aromatic rings. The maximum atomic E-state index is 13.3. The summed E-state index contributed by atoms with van der Waals surface area (Å²) in [6.07, 6.45) is -0.982. The van der Waals surface area contributed by atoms with Gasteiger partial charge in [-0.1, -0.05) is 30.7 Å². The van der Waals surface area contributed by atoms with Crippen LogP contribution in [0.1, 0.15) is 72.5 Å². The highest BCUT2D eigenvalue weighted by Crippen LogP contribution is 2.39. The van der Waals surface area contributed by atoms with E-state index in [9.17, 15) is 27.6 Å². The predicted molar refractivity (Wildman–Crippen MR) is 148 cm³/mol. The molecule has 4 rings (SSSR count). The Morgan fingerprint density at radius 3 is 2.41 bits per heavy atom. The number of rotatable bonds is 9. The van der Waals surface area contributed by atoms with E-state index in [1.54, 1.807) is 38.1 Å². The fraction of sp³-hybridized carbons (Fsp3) is 0.452. The minimum atomic E-state index is -4.49. The molecule has 0 aromatic heterocycles. The van der Waals surface area contributed by atoms with Crippen molar-refractivity contribution in [3.63, 3.8) is 0 Å². The van der Waals surface area contributed by atoms with Gasteiger partial charge in [-0.2, -0.15) is 13.2 Å². The number of allylic oxidation sites excluding steroid dienone is 1. The first-order valence-electron chi connectivity index (χ1n) is 14.0. The van der Waals surface area contributed by atoms with E-state index in [1.165, 1.54) is 36.3 Å². The van der Waals surface area contributed by atoms with E-state index in [0.717, 1.165) is 31.8 Å². The summed E-state index contributed by atoms with van der Waals surface area (Å²) in [5, 5.41) is 2.97. The maximum absolute atomic E-state index is 13.3. The molecule has 1 unspecified atom stereocenters. The van der Waals surface area contributed by atoms with Crippen molar-refractivity contribution in [2.45, 2.75) is 58.2 Å². The van der Waals surface area contributed by atoms with Gasteiger partial charge in [0.15, 0.2) is 0 Å². The molecule has 1 saturated heterocycles. The van der Waals surface area contributed by atoms with Crippen molar-refractivity contribution in [2.75, 3.05) is 32.8 Å². The van der Waals surface area contributed by atoms with Crippen LogP contribution in [0.2, 0.25) is 0 Å². The zero-order valence-corrected chi connectivity index (χ0v) is 23.4. The lowest BCUT2D eigenvalue weighted by Gasteiger charge is -2.34. The maximum Gasteiger partial charge on any atom is 0.416 e. The molecular weight excluding hydrogens is 535 g/mol. The molecule has 1 N–H and O–H groups in total. The minimum Gasteiger partial charge on any atom is -0.463 e. The molecule has 0 bridgehead atoms. The van der Waals surface area contributed by atoms with Crippen LogP contribution in [0.25, 0.3) is 0 Å². The second-order valence-electron chi connectivity index (χ2n) is 10.4. The summed E-state index contributed by atoms with van der Waals surface area (Å²) in [4.78, 5) is 43.0. The van der Waals surface area contributed by atoms with E-state index < -0.39 is 23.6 Å². The fourth-order valence-corrected chi connectivity index (χ4v) is 5.47. The highest BCUT2D eigenvalue weighted by atomic mass is 19.4. The lowest BCUT2D eigenvalue weighted by Crippen LogP contribution is -2.38. The number of esters is 1. The summed E-state index contributed by atoms with van der Waals surface area (Å²) >= 11 is 0. The molecule has 2 amide bonds. The number of hydrogen-bond donors (Lipinski definition) is 1. The number of hydrogen-bond acceptors (Lipinski definition) is 5. The van der Waals surface area contributed by atoms with Crippen molar-refractivity contribution in [3.8, 4) is 0 Å². The highest BCUT2D eigenvalue weighted by molar-refractivity contribution is 5.96. The molecule has 10 heteroatoms. The molecule has 1 atom stereocenters. The van der Waals surface area contributed by atoms with Crippen LogP contribution < -0.4 is 5.32 Å². The molecule has 2 aliphatic heterocycles. The molecule has 2 aliphatic rings. The van der Waals surface area contributed by atoms with Crippen molar-refractivity contribution < 1.29 is 32.3 Å². The number of nitrogens with zero attached hydrogens (tertiary/aromatic N) is 2. The Labute approximate surface area is 238 Å². The van der Waals surface area contributed by atoms with Gasteiger partial charge in [-0.3, -0.25) is 9.59 Å². The van der Waals surface area contributed by atoms with E-state index in [0.29, 0.717) is 28.9 Å². The summed E-state index contributed by atoms with van der Waals surface area (Å²) in [7, 11) is 0. The largest absolute Gasteiger partial charge is 0.463 e. The van der Waals surface area contributed by atoms with Crippen LogP contribution >= 0.6 is 0 Å². The van der Waals surface area contributed by atoms with Gasteiger partial charge in [0.25, 0.3) is 5.91 Å². The molecule has 0 radical (unpaired) electrons. The van der Waals surface area contributed by atoms with Gasteiger partial charge in [0, 0.05) is 36.7 Å². The standard InChI is InChI=1S/C31H36F3N3O4/c1-3-41-30(40)28-21(2)37(27(38)19-26(28)23-10-12-25(13-11-23)31(32,33)34)20-22-8-7-9-24(18-22)29(39)35-14-17-36-15-5-4-6-16-36/h7-13,18,26H,3-6,14-17,19-20H2,1-2H3,(H,35,39). The molecule has 0 aliphatic carbocycles. The smallest absolute Gasteiger partial charge is 0.416 e. The van der Waals surface area contributed by atoms with Crippen LogP contribution in [0.4, 0.5) is 13.2 Å². The summed E-state index contributed by atoms with van der Waals surface area (Å²) in [6, 6.07) is 11.5. The average molecular weight is 572 g/mol. The van der Waals surface area contributed by atoms with Gasteiger partial charge >= 0.3 is 12.1 Å². The van der Waals surface area contributed by atoms with Gasteiger partial charge in [-0.15, -0.1) is 0 Å². The first kappa shape index (κ1) is 30.3. The average Bonchev–Trinajstić information content (AvgIpc) is 2.95. The fourth-order valence-electron chi connectivity index (χ4n) is 5.47. The molecule has 0 spiro atoms. The lowest BCUT2D eigenvalue weighted by molar-refractivity contribution is -0.140. The van der Waals surface area contributed by atoms with Gasteiger partial charge in [-0.05, 0) is 75.2 Å². The van der Waals surface area contributed by atoms with Crippen molar-refractivity contribution in [2.24, 2.45) is 0 Å². The number of alkyl halides is 3. The Morgan fingerprint density at radius 1 is 1.05 bits per heavy atom. The van der Waals surface area contributed by atoms with Gasteiger partial charge in [-0.25, -0.2) is 4.79 Å². The molecule has 7 nitrogen and oxygen atoms in total. The van der Waals surface area contributed by atoms with Crippen LogP contribution in [0.5, 0.6) is 0 Å². The zero-order chi connectivity index (χ0) is 29.6. The van der Waals surface area contributed by atoms with Gasteiger partial charge in [0.05, 0.1) is 24.3 Å². The molecule has 2 aromatic carbocycles. The Bertz CT molecular complexity index is 1280. The zero-order valence-electron chi connectivity index (χ0n) is 23.4. The minimum absolute atomic E-state index is 0.104. The van der Waals surface area contributed by atoms with Crippen LogP contribution in [-0.4, -0.2) is 60.4 Å². The second-order valence-corrected chi connectivity index (χ2v) is 10.4. The van der Waals surface area contributed by atoms with Gasteiger partial charge < -0.3 is 19.9 Å². The number of carbonyl (C=O) groups is 3. The molecule has 2 heterocycles. The van der Waals surface area contributed by atoms with Crippen LogP contribution in [0.3, 0.4) is 0 Å². The topological polar surface area (TPSA) is 79.0 Å². The molecular formula is C31H36F3N3O4. The molecule has 1 fully saturated rings.